The maximum atomic E-state index is 3.88. The number of nitrogens with zero attached hydrogens (tertiary/aromatic N) is 1. The molecule has 0 aliphatic heterocycles. The van der Waals surface area contributed by atoms with Crippen LogP contribution >= 0.6 is 11.3 Å². The van der Waals surface area contributed by atoms with E-state index >= 15 is 0 Å². The summed E-state index contributed by atoms with van der Waals surface area (Å²) in [6, 6.07) is 5.09. The topological polar surface area (TPSA) is 15.3 Å². The van der Waals surface area contributed by atoms with E-state index in [-0.39, 0.29) is 0 Å². The highest BCUT2D eigenvalue weighted by molar-refractivity contribution is 7.10. The molecule has 1 aromatic rings. The van der Waals surface area contributed by atoms with E-state index in [0.717, 1.165) is 12.5 Å². The summed E-state index contributed by atoms with van der Waals surface area (Å²) in [7, 11) is 4.47. The van der Waals surface area contributed by atoms with Gasteiger partial charge in [0.25, 0.3) is 0 Å². The lowest BCUT2D eigenvalue weighted by atomic mass is 9.75. The van der Waals surface area contributed by atoms with E-state index in [9.17, 15) is 0 Å². The minimum atomic E-state index is 0.435. The lowest BCUT2D eigenvalue weighted by Gasteiger charge is -2.48. The van der Waals surface area contributed by atoms with Crippen LogP contribution in [0.5, 0.6) is 0 Å². The monoisotopic (exact) mass is 264 g/mol. The summed E-state index contributed by atoms with van der Waals surface area (Å²) in [6.45, 7) is 1.15. The third-order valence-corrected chi connectivity index (χ3v) is 5.78. The second kappa shape index (κ2) is 4.95. The Hall–Kier alpha value is -0.380. The zero-order chi connectivity index (χ0) is 12.6. The Bertz CT molecular complexity index is 377. The van der Waals surface area contributed by atoms with Crippen molar-refractivity contribution in [3.05, 3.63) is 22.4 Å². The summed E-state index contributed by atoms with van der Waals surface area (Å²) in [4.78, 5) is 3.97. The first kappa shape index (κ1) is 12.6. The quantitative estimate of drug-likeness (QED) is 0.848. The van der Waals surface area contributed by atoms with Crippen LogP contribution in [0.3, 0.4) is 0 Å². The molecular weight excluding hydrogens is 240 g/mol. The van der Waals surface area contributed by atoms with E-state index in [0.29, 0.717) is 11.6 Å². The molecule has 2 aliphatic carbocycles. The fraction of sp³-hybridized carbons (Fsp3) is 0.733. The van der Waals surface area contributed by atoms with Crippen LogP contribution in [0.4, 0.5) is 0 Å². The number of rotatable bonds is 6. The van der Waals surface area contributed by atoms with Crippen molar-refractivity contribution in [2.45, 2.75) is 43.7 Å². The molecule has 1 aromatic heterocycles. The maximum Gasteiger partial charge on any atom is 0.0444 e. The predicted octanol–water partition coefficient (Wildman–Crippen LogP) is 3.27. The Balaban J connectivity index is 1.63. The Kier molecular flexibility index (Phi) is 3.48. The largest absolute Gasteiger partial charge is 0.307 e. The molecule has 1 unspecified atom stereocenters. The van der Waals surface area contributed by atoms with Crippen LogP contribution in [0.25, 0.3) is 0 Å². The van der Waals surface area contributed by atoms with Crippen LogP contribution in [0, 0.1) is 5.92 Å². The zero-order valence-corrected chi connectivity index (χ0v) is 12.3. The highest BCUT2D eigenvalue weighted by Gasteiger charge is 2.41. The summed E-state index contributed by atoms with van der Waals surface area (Å²) in [5.41, 5.74) is 0.435. The zero-order valence-electron chi connectivity index (χ0n) is 11.5. The van der Waals surface area contributed by atoms with Crippen LogP contribution in [-0.4, -0.2) is 31.1 Å². The number of nitrogens with one attached hydrogen (secondary N) is 1. The fourth-order valence-electron chi connectivity index (χ4n) is 3.06. The van der Waals surface area contributed by atoms with Crippen molar-refractivity contribution in [3.63, 3.8) is 0 Å². The summed E-state index contributed by atoms with van der Waals surface area (Å²) in [5.74, 6) is 0.892. The first-order valence-electron chi connectivity index (χ1n) is 7.15. The molecule has 1 N–H and O–H groups in total. The Morgan fingerprint density at radius 2 is 2.22 bits per heavy atom. The lowest BCUT2D eigenvalue weighted by molar-refractivity contribution is 0.0563. The third kappa shape index (κ3) is 2.36. The first-order chi connectivity index (χ1) is 8.71. The first-order valence-corrected chi connectivity index (χ1v) is 8.03. The van der Waals surface area contributed by atoms with Gasteiger partial charge in [-0.3, -0.25) is 0 Å². The molecule has 0 radical (unpaired) electrons. The molecule has 1 atom stereocenters. The molecular formula is C15H24N2S. The summed E-state index contributed by atoms with van der Waals surface area (Å²) < 4.78 is 0. The molecule has 0 saturated heterocycles. The highest BCUT2D eigenvalue weighted by atomic mass is 32.1. The molecule has 0 spiro atoms. The van der Waals surface area contributed by atoms with E-state index < -0.39 is 0 Å². The normalized spacial score (nSPS) is 23.9. The fourth-order valence-corrected chi connectivity index (χ4v) is 3.96. The Labute approximate surface area is 114 Å². The highest BCUT2D eigenvalue weighted by Crippen LogP contribution is 2.43. The van der Waals surface area contributed by atoms with Crippen LogP contribution in [-0.2, 0) is 0 Å². The second-order valence-electron chi connectivity index (χ2n) is 6.18. The summed E-state index contributed by atoms with van der Waals surface area (Å²) in [5, 5.41) is 6.08. The molecule has 2 fully saturated rings. The van der Waals surface area contributed by atoms with E-state index in [1.54, 1.807) is 0 Å². The van der Waals surface area contributed by atoms with Gasteiger partial charge in [-0.05, 0) is 63.6 Å². The molecule has 3 heteroatoms. The SMILES string of the molecule is CN(C)C1(CNC(c2cccs2)C2CC2)CCC1. The standard InChI is InChI=1S/C15H24N2S/c1-17(2)15(8-4-9-15)11-16-14(12-6-7-12)13-5-3-10-18-13/h3,5,10,12,14,16H,4,6-9,11H2,1-2H3. The number of hydrogen-bond acceptors (Lipinski definition) is 3. The van der Waals surface area contributed by atoms with Gasteiger partial charge in [-0.15, -0.1) is 11.3 Å². The van der Waals surface area contributed by atoms with Gasteiger partial charge in [0, 0.05) is 23.0 Å². The van der Waals surface area contributed by atoms with Gasteiger partial charge in [-0.25, -0.2) is 0 Å². The molecule has 0 bridgehead atoms. The van der Waals surface area contributed by atoms with E-state index in [1.165, 1.54) is 37.0 Å². The van der Waals surface area contributed by atoms with Gasteiger partial charge in [0.15, 0.2) is 0 Å². The van der Waals surface area contributed by atoms with Crippen molar-refractivity contribution in [1.82, 2.24) is 10.2 Å². The number of thiophene rings is 1. The third-order valence-electron chi connectivity index (χ3n) is 4.83. The van der Waals surface area contributed by atoms with Crippen LogP contribution in [0.15, 0.2) is 17.5 Å². The minimum Gasteiger partial charge on any atom is -0.307 e. The molecule has 100 valence electrons. The van der Waals surface area contributed by atoms with Crippen molar-refractivity contribution in [2.24, 2.45) is 5.92 Å². The molecule has 0 amide bonds. The van der Waals surface area contributed by atoms with E-state index in [1.807, 2.05) is 11.3 Å². The molecule has 0 aromatic carbocycles. The Morgan fingerprint density at radius 3 is 2.67 bits per heavy atom. The average molecular weight is 264 g/mol. The van der Waals surface area contributed by atoms with Crippen molar-refractivity contribution in [3.8, 4) is 0 Å². The van der Waals surface area contributed by atoms with Gasteiger partial charge in [-0.1, -0.05) is 6.07 Å². The summed E-state index contributed by atoms with van der Waals surface area (Å²) in [6.07, 6.45) is 6.92. The maximum absolute atomic E-state index is 3.88. The van der Waals surface area contributed by atoms with Gasteiger partial charge in [0.1, 0.15) is 0 Å². The van der Waals surface area contributed by atoms with E-state index in [4.69, 9.17) is 0 Å². The van der Waals surface area contributed by atoms with Crippen molar-refractivity contribution in [1.29, 1.82) is 0 Å². The van der Waals surface area contributed by atoms with Gasteiger partial charge >= 0.3 is 0 Å². The van der Waals surface area contributed by atoms with Crippen LogP contribution in [0.1, 0.15) is 43.0 Å². The smallest absolute Gasteiger partial charge is 0.0444 e. The van der Waals surface area contributed by atoms with Gasteiger partial charge in [0.2, 0.25) is 0 Å². The van der Waals surface area contributed by atoms with Crippen molar-refractivity contribution < 1.29 is 0 Å². The van der Waals surface area contributed by atoms with Gasteiger partial charge in [-0.2, -0.15) is 0 Å². The second-order valence-corrected chi connectivity index (χ2v) is 7.16. The van der Waals surface area contributed by atoms with E-state index in [2.05, 4.69) is 41.8 Å². The number of likely N-dealkylation sites (N-methyl/N-ethyl adjacent to an activating group) is 1. The molecule has 2 aliphatic rings. The average Bonchev–Trinajstić information content (AvgIpc) is 2.96. The molecule has 1 heterocycles. The lowest BCUT2D eigenvalue weighted by Crippen LogP contribution is -2.56. The molecule has 2 nitrogen and oxygen atoms in total. The van der Waals surface area contributed by atoms with Crippen LogP contribution in [0.2, 0.25) is 0 Å². The minimum absolute atomic E-state index is 0.435. The molecule has 3 rings (SSSR count). The van der Waals surface area contributed by atoms with Gasteiger partial charge in [0.05, 0.1) is 0 Å². The number of hydrogen-bond donors (Lipinski definition) is 1. The summed E-state index contributed by atoms with van der Waals surface area (Å²) >= 11 is 1.91. The molecule has 2 saturated carbocycles. The van der Waals surface area contributed by atoms with Crippen molar-refractivity contribution >= 4 is 11.3 Å². The van der Waals surface area contributed by atoms with Crippen LogP contribution < -0.4 is 5.32 Å². The Morgan fingerprint density at radius 1 is 1.44 bits per heavy atom. The van der Waals surface area contributed by atoms with Gasteiger partial charge < -0.3 is 10.2 Å². The predicted molar refractivity (Wildman–Crippen MR) is 78.1 cm³/mol. The van der Waals surface area contributed by atoms with Crippen molar-refractivity contribution in [2.75, 3.05) is 20.6 Å². The molecule has 18 heavy (non-hydrogen) atoms.